The molecule has 0 saturated carbocycles. The number of nitrogens with zero attached hydrogens (tertiary/aromatic N) is 3. The number of allylic oxidation sites excluding steroid dienone is 1. The number of hydrogen-bond acceptors (Lipinski definition) is 6. The summed E-state index contributed by atoms with van der Waals surface area (Å²) in [6.45, 7) is 2.96. The molecule has 0 bridgehead atoms. The summed E-state index contributed by atoms with van der Waals surface area (Å²) in [7, 11) is 0.654. The Morgan fingerprint density at radius 3 is 2.61 bits per heavy atom. The highest BCUT2D eigenvalue weighted by Crippen LogP contribution is 2.44. The SMILES string of the molecule is CN1CCC(N2C=C3C=C(CS(C)(=O)=O)c4ccn(C)c(=O)c4C4=C3C2CCN4)CC1. The van der Waals surface area contributed by atoms with Gasteiger partial charge in [-0.3, -0.25) is 4.79 Å². The number of pyridine rings is 1. The molecule has 0 aromatic carbocycles. The number of rotatable bonds is 3. The van der Waals surface area contributed by atoms with E-state index in [0.29, 0.717) is 17.2 Å². The standard InChI is InChI=1S/C23H30N4O3S/c1-25-9-5-17(6-10-25)27-13-15-12-16(14-31(3,29)30)18-7-11-26(2)23(28)21(18)22-20(15)19(27)4-8-24-22/h7,11-13,17,19,24H,4-6,8-10,14H2,1-3H3. The predicted molar refractivity (Wildman–Crippen MR) is 123 cm³/mol. The summed E-state index contributed by atoms with van der Waals surface area (Å²) in [6.07, 6.45) is 10.4. The summed E-state index contributed by atoms with van der Waals surface area (Å²) in [4.78, 5) is 18.1. The van der Waals surface area contributed by atoms with Gasteiger partial charge in [0, 0.05) is 43.9 Å². The van der Waals surface area contributed by atoms with E-state index in [-0.39, 0.29) is 17.4 Å². The fourth-order valence-electron chi connectivity index (χ4n) is 5.49. The molecule has 0 amide bonds. The van der Waals surface area contributed by atoms with Crippen LogP contribution in [0.5, 0.6) is 0 Å². The first-order chi connectivity index (χ1) is 14.7. The Morgan fingerprint density at radius 1 is 1.16 bits per heavy atom. The van der Waals surface area contributed by atoms with Gasteiger partial charge in [-0.1, -0.05) is 0 Å². The first kappa shape index (κ1) is 20.6. The van der Waals surface area contributed by atoms with Gasteiger partial charge in [0.05, 0.1) is 23.1 Å². The Hall–Kier alpha value is -2.32. The van der Waals surface area contributed by atoms with E-state index in [1.54, 1.807) is 17.8 Å². The van der Waals surface area contributed by atoms with Gasteiger partial charge in [-0.25, -0.2) is 8.42 Å². The van der Waals surface area contributed by atoms with Gasteiger partial charge in [-0.05, 0) is 68.3 Å². The third-order valence-corrected chi connectivity index (χ3v) is 7.84. The minimum absolute atomic E-state index is 0.0794. The monoisotopic (exact) mass is 442 g/mol. The van der Waals surface area contributed by atoms with Crippen molar-refractivity contribution in [3.8, 4) is 0 Å². The number of hydrogen-bond donors (Lipinski definition) is 1. The van der Waals surface area contributed by atoms with Crippen LogP contribution in [-0.2, 0) is 16.9 Å². The molecule has 1 saturated heterocycles. The minimum Gasteiger partial charge on any atom is -0.384 e. The molecule has 3 aliphatic heterocycles. The average Bonchev–Trinajstić information content (AvgIpc) is 3.01. The quantitative estimate of drug-likeness (QED) is 0.758. The van der Waals surface area contributed by atoms with Gasteiger partial charge in [-0.15, -0.1) is 0 Å². The van der Waals surface area contributed by atoms with E-state index >= 15 is 0 Å². The van der Waals surface area contributed by atoms with Gasteiger partial charge >= 0.3 is 0 Å². The number of aromatic nitrogens is 1. The van der Waals surface area contributed by atoms with E-state index in [1.165, 1.54) is 6.26 Å². The normalized spacial score (nSPS) is 24.2. The molecule has 1 aromatic heterocycles. The molecule has 1 N–H and O–H groups in total. The second kappa shape index (κ2) is 7.38. The van der Waals surface area contributed by atoms with Crippen molar-refractivity contribution >= 4 is 21.1 Å². The van der Waals surface area contributed by atoms with Gasteiger partial charge in [-0.2, -0.15) is 0 Å². The van der Waals surface area contributed by atoms with E-state index < -0.39 is 9.84 Å². The third kappa shape index (κ3) is 3.55. The van der Waals surface area contributed by atoms with E-state index in [9.17, 15) is 13.2 Å². The van der Waals surface area contributed by atoms with E-state index in [0.717, 1.165) is 61.3 Å². The summed E-state index contributed by atoms with van der Waals surface area (Å²) in [5, 5.41) is 3.51. The second-order valence-electron chi connectivity index (χ2n) is 9.35. The first-order valence-electron chi connectivity index (χ1n) is 11.0. The van der Waals surface area contributed by atoms with Gasteiger partial charge in [0.2, 0.25) is 0 Å². The number of sulfone groups is 1. The molecule has 8 heteroatoms. The van der Waals surface area contributed by atoms with Crippen molar-refractivity contribution in [2.75, 3.05) is 38.7 Å². The van der Waals surface area contributed by atoms with Crippen LogP contribution in [0.2, 0.25) is 0 Å². The topological polar surface area (TPSA) is 74.7 Å². The molecular formula is C23H30N4O3S. The third-order valence-electron chi connectivity index (χ3n) is 7.00. The summed E-state index contributed by atoms with van der Waals surface area (Å²) in [6, 6.07) is 2.58. The van der Waals surface area contributed by atoms with Crippen LogP contribution in [0.3, 0.4) is 0 Å². The highest BCUT2D eigenvalue weighted by Gasteiger charge is 2.40. The Bertz CT molecular complexity index is 1180. The lowest BCUT2D eigenvalue weighted by Gasteiger charge is -2.40. The lowest BCUT2D eigenvalue weighted by molar-refractivity contribution is 0.141. The maximum absolute atomic E-state index is 13.3. The van der Waals surface area contributed by atoms with Gasteiger partial charge < -0.3 is 19.7 Å². The summed E-state index contributed by atoms with van der Waals surface area (Å²) in [5.41, 5.74) is 5.02. The van der Waals surface area contributed by atoms with Crippen LogP contribution in [0, 0.1) is 0 Å². The molecule has 4 heterocycles. The van der Waals surface area contributed by atoms with Crippen molar-refractivity contribution in [3.05, 3.63) is 57.2 Å². The fraction of sp³-hybridized carbons (Fsp3) is 0.522. The number of piperidine rings is 1. The van der Waals surface area contributed by atoms with Gasteiger partial charge in [0.1, 0.15) is 0 Å². The highest BCUT2D eigenvalue weighted by atomic mass is 32.2. The van der Waals surface area contributed by atoms with Crippen molar-refractivity contribution in [1.82, 2.24) is 19.7 Å². The molecule has 0 radical (unpaired) electrons. The Labute approximate surface area is 183 Å². The molecule has 1 unspecified atom stereocenters. The van der Waals surface area contributed by atoms with E-state index in [1.807, 2.05) is 12.1 Å². The smallest absolute Gasteiger partial charge is 0.260 e. The predicted octanol–water partition coefficient (Wildman–Crippen LogP) is 1.19. The zero-order valence-corrected chi connectivity index (χ0v) is 19.2. The largest absolute Gasteiger partial charge is 0.384 e. The summed E-state index contributed by atoms with van der Waals surface area (Å²) in [5.74, 6) is -0.0794. The molecule has 31 heavy (non-hydrogen) atoms. The van der Waals surface area contributed by atoms with Crippen LogP contribution in [0.15, 0.2) is 40.5 Å². The molecule has 1 aliphatic carbocycles. The number of fused-ring (bicyclic) bond motifs is 2. The molecular weight excluding hydrogens is 412 g/mol. The first-order valence-corrected chi connectivity index (χ1v) is 13.0. The molecule has 4 aliphatic rings. The number of aryl methyl sites for hydroxylation is 1. The maximum atomic E-state index is 13.3. The maximum Gasteiger partial charge on any atom is 0.260 e. The molecule has 1 fully saturated rings. The van der Waals surface area contributed by atoms with Crippen LogP contribution in [0.1, 0.15) is 30.4 Å². The summed E-state index contributed by atoms with van der Waals surface area (Å²) >= 11 is 0. The Balaban J connectivity index is 1.69. The van der Waals surface area contributed by atoms with Crippen molar-refractivity contribution in [2.24, 2.45) is 7.05 Å². The van der Waals surface area contributed by atoms with Crippen LogP contribution < -0.4 is 10.9 Å². The van der Waals surface area contributed by atoms with Gasteiger partial charge in [0.25, 0.3) is 5.56 Å². The van der Waals surface area contributed by atoms with Crippen LogP contribution in [0.25, 0.3) is 11.3 Å². The average molecular weight is 443 g/mol. The highest BCUT2D eigenvalue weighted by molar-refractivity contribution is 7.91. The van der Waals surface area contributed by atoms with Crippen molar-refractivity contribution in [2.45, 2.75) is 31.3 Å². The minimum atomic E-state index is -3.26. The van der Waals surface area contributed by atoms with E-state index in [4.69, 9.17) is 0 Å². The Kier molecular flexibility index (Phi) is 4.90. The van der Waals surface area contributed by atoms with Crippen LogP contribution in [-0.4, -0.2) is 73.6 Å². The molecule has 1 aromatic rings. The van der Waals surface area contributed by atoms with Crippen molar-refractivity contribution in [3.63, 3.8) is 0 Å². The van der Waals surface area contributed by atoms with E-state index in [2.05, 4.69) is 28.4 Å². The van der Waals surface area contributed by atoms with Gasteiger partial charge in [0.15, 0.2) is 9.84 Å². The summed E-state index contributed by atoms with van der Waals surface area (Å²) < 4.78 is 26.1. The molecule has 7 nitrogen and oxygen atoms in total. The zero-order chi connectivity index (χ0) is 21.9. The van der Waals surface area contributed by atoms with Crippen LogP contribution >= 0.6 is 0 Å². The molecule has 5 rings (SSSR count). The molecule has 0 spiro atoms. The molecule has 166 valence electrons. The van der Waals surface area contributed by atoms with Crippen molar-refractivity contribution < 1.29 is 8.42 Å². The number of likely N-dealkylation sites (tertiary alicyclic amines) is 1. The number of nitrogens with one attached hydrogen (secondary N) is 1. The molecule has 1 atom stereocenters. The lowest BCUT2D eigenvalue weighted by Crippen LogP contribution is -2.46. The Morgan fingerprint density at radius 2 is 1.90 bits per heavy atom. The van der Waals surface area contributed by atoms with Crippen molar-refractivity contribution in [1.29, 1.82) is 0 Å². The second-order valence-corrected chi connectivity index (χ2v) is 11.5. The van der Waals surface area contributed by atoms with Crippen LogP contribution in [0.4, 0.5) is 0 Å². The lowest BCUT2D eigenvalue weighted by atomic mass is 9.91. The fourth-order valence-corrected chi connectivity index (χ4v) is 6.30. The zero-order valence-electron chi connectivity index (χ0n) is 18.4.